The fourth-order valence-electron chi connectivity index (χ4n) is 5.82. The molecule has 0 amide bonds. The Labute approximate surface area is 198 Å². The van der Waals surface area contributed by atoms with Gasteiger partial charge in [-0.3, -0.25) is 0 Å². The second-order valence-electron chi connectivity index (χ2n) is 9.95. The van der Waals surface area contributed by atoms with Crippen LogP contribution in [0.3, 0.4) is 0 Å². The molecule has 0 bridgehead atoms. The number of hydrogen-bond donors (Lipinski definition) is 1. The van der Waals surface area contributed by atoms with Gasteiger partial charge >= 0.3 is 0 Å². The Hall–Kier alpha value is -2.91. The van der Waals surface area contributed by atoms with Gasteiger partial charge < -0.3 is 29.2 Å². The number of fused-ring (bicyclic) bond motifs is 3. The molecule has 34 heavy (non-hydrogen) atoms. The SMILES string of the molecule is COc1cc(OC[C@@H]2C[C@@H](n3ccc4c(N)ncnc43)[C@@H]3OC(C)(C)O[C@H]23)c2c(n1)CCCC2. The first-order valence-corrected chi connectivity index (χ1v) is 12.1. The first-order valence-electron chi connectivity index (χ1n) is 12.1. The van der Waals surface area contributed by atoms with Gasteiger partial charge in [-0.1, -0.05) is 0 Å². The Morgan fingerprint density at radius 1 is 1.18 bits per heavy atom. The lowest BCUT2D eigenvalue weighted by atomic mass is 9.95. The average molecular weight is 466 g/mol. The van der Waals surface area contributed by atoms with Gasteiger partial charge in [0.1, 0.15) is 29.6 Å². The predicted molar refractivity (Wildman–Crippen MR) is 126 cm³/mol. The van der Waals surface area contributed by atoms with Gasteiger partial charge in [-0.2, -0.15) is 0 Å². The summed E-state index contributed by atoms with van der Waals surface area (Å²) in [7, 11) is 1.65. The Morgan fingerprint density at radius 2 is 2.00 bits per heavy atom. The largest absolute Gasteiger partial charge is 0.493 e. The molecule has 0 radical (unpaired) electrons. The topological polar surface area (TPSA) is 107 Å². The molecule has 1 saturated heterocycles. The van der Waals surface area contributed by atoms with Crippen LogP contribution < -0.4 is 15.2 Å². The van der Waals surface area contributed by atoms with Crippen molar-refractivity contribution in [1.29, 1.82) is 0 Å². The summed E-state index contributed by atoms with van der Waals surface area (Å²) in [5.74, 6) is 1.48. The molecule has 4 heterocycles. The number of methoxy groups -OCH3 is 1. The highest BCUT2D eigenvalue weighted by Crippen LogP contribution is 2.48. The molecule has 3 aliphatic rings. The van der Waals surface area contributed by atoms with Gasteiger partial charge in [0.2, 0.25) is 5.88 Å². The van der Waals surface area contributed by atoms with Crippen LogP contribution in [0.2, 0.25) is 0 Å². The molecule has 6 rings (SSSR count). The molecule has 3 aromatic heterocycles. The zero-order valence-electron chi connectivity index (χ0n) is 19.9. The van der Waals surface area contributed by atoms with E-state index in [1.807, 2.05) is 32.2 Å². The van der Waals surface area contributed by atoms with Crippen molar-refractivity contribution in [3.8, 4) is 11.6 Å². The monoisotopic (exact) mass is 465 g/mol. The summed E-state index contributed by atoms with van der Waals surface area (Å²) in [6.45, 7) is 4.48. The summed E-state index contributed by atoms with van der Waals surface area (Å²) in [5, 5.41) is 0.854. The minimum atomic E-state index is -0.651. The van der Waals surface area contributed by atoms with Crippen molar-refractivity contribution < 1.29 is 18.9 Å². The third-order valence-corrected chi connectivity index (χ3v) is 7.35. The fourth-order valence-corrected chi connectivity index (χ4v) is 5.82. The molecular weight excluding hydrogens is 434 g/mol. The highest BCUT2D eigenvalue weighted by atomic mass is 16.8. The lowest BCUT2D eigenvalue weighted by Crippen LogP contribution is -2.29. The molecule has 1 saturated carbocycles. The van der Waals surface area contributed by atoms with Gasteiger partial charge in [0, 0.05) is 23.7 Å². The fraction of sp³-hybridized carbons (Fsp3) is 0.560. The maximum Gasteiger partial charge on any atom is 0.216 e. The van der Waals surface area contributed by atoms with Gasteiger partial charge in [0.15, 0.2) is 5.79 Å². The second kappa shape index (κ2) is 8.09. The molecular formula is C25H31N5O4. The van der Waals surface area contributed by atoms with Crippen LogP contribution in [0.5, 0.6) is 11.6 Å². The van der Waals surface area contributed by atoms with Crippen molar-refractivity contribution >= 4 is 16.9 Å². The molecule has 2 aliphatic carbocycles. The van der Waals surface area contributed by atoms with E-state index in [0.29, 0.717) is 18.3 Å². The second-order valence-corrected chi connectivity index (χ2v) is 9.95. The van der Waals surface area contributed by atoms with Gasteiger partial charge in [0.25, 0.3) is 0 Å². The van der Waals surface area contributed by atoms with Crippen LogP contribution in [0.15, 0.2) is 24.7 Å². The van der Waals surface area contributed by atoms with Crippen LogP contribution in [0.1, 0.15) is 50.4 Å². The van der Waals surface area contributed by atoms with Crippen molar-refractivity contribution in [2.75, 3.05) is 19.5 Å². The van der Waals surface area contributed by atoms with Crippen LogP contribution in [0.4, 0.5) is 5.82 Å². The minimum absolute atomic E-state index is 0.0630. The summed E-state index contributed by atoms with van der Waals surface area (Å²) < 4.78 is 26.9. The van der Waals surface area contributed by atoms with Crippen molar-refractivity contribution in [3.05, 3.63) is 35.9 Å². The number of nitrogens with zero attached hydrogens (tertiary/aromatic N) is 4. The zero-order chi connectivity index (χ0) is 23.4. The first-order chi connectivity index (χ1) is 16.4. The van der Waals surface area contributed by atoms with Crippen LogP contribution in [0.25, 0.3) is 11.0 Å². The van der Waals surface area contributed by atoms with Gasteiger partial charge in [-0.15, -0.1) is 0 Å². The zero-order valence-corrected chi connectivity index (χ0v) is 19.9. The van der Waals surface area contributed by atoms with E-state index in [2.05, 4.69) is 19.5 Å². The molecule has 2 N–H and O–H groups in total. The maximum atomic E-state index is 6.47. The molecule has 2 fully saturated rings. The van der Waals surface area contributed by atoms with E-state index in [9.17, 15) is 0 Å². The minimum Gasteiger partial charge on any atom is -0.493 e. The average Bonchev–Trinajstić information content (AvgIpc) is 3.48. The highest BCUT2D eigenvalue weighted by Gasteiger charge is 2.55. The number of aryl methyl sites for hydroxylation is 1. The predicted octanol–water partition coefficient (Wildman–Crippen LogP) is 3.46. The molecule has 180 valence electrons. The van der Waals surface area contributed by atoms with E-state index in [-0.39, 0.29) is 24.2 Å². The summed E-state index contributed by atoms with van der Waals surface area (Å²) >= 11 is 0. The van der Waals surface area contributed by atoms with Gasteiger partial charge in [-0.05, 0) is 52.0 Å². The van der Waals surface area contributed by atoms with Crippen molar-refractivity contribution in [2.24, 2.45) is 5.92 Å². The number of anilines is 1. The van der Waals surface area contributed by atoms with E-state index in [1.165, 1.54) is 11.9 Å². The summed E-state index contributed by atoms with van der Waals surface area (Å²) in [6.07, 6.45) is 8.48. The van der Waals surface area contributed by atoms with Crippen molar-refractivity contribution in [1.82, 2.24) is 19.5 Å². The molecule has 4 atom stereocenters. The van der Waals surface area contributed by atoms with Crippen molar-refractivity contribution in [2.45, 2.75) is 70.0 Å². The lowest BCUT2D eigenvalue weighted by molar-refractivity contribution is -0.161. The summed E-state index contributed by atoms with van der Waals surface area (Å²) in [5.41, 5.74) is 9.21. The number of hydrogen-bond acceptors (Lipinski definition) is 8. The Morgan fingerprint density at radius 3 is 2.85 bits per heavy atom. The van der Waals surface area contributed by atoms with Crippen LogP contribution >= 0.6 is 0 Å². The molecule has 0 unspecified atom stereocenters. The number of nitrogens with two attached hydrogens (primary N) is 1. The number of nitrogen functional groups attached to an aromatic ring is 1. The smallest absolute Gasteiger partial charge is 0.216 e. The summed E-state index contributed by atoms with van der Waals surface area (Å²) in [4.78, 5) is 13.3. The number of aromatic nitrogens is 4. The standard InChI is InChI=1S/C25H31N5O4/c1-25(2)33-21-14(12-32-19-11-20(31-3)29-17-7-5-4-6-15(17)19)10-18(22(21)34-25)30-9-8-16-23(26)27-13-28-24(16)30/h8-9,11,13-14,18,21-22H,4-7,10,12H2,1-3H3,(H2,26,27,28)/t14-,18+,21+,22-/m0/s1. The number of rotatable bonds is 5. The van der Waals surface area contributed by atoms with Crippen LogP contribution in [-0.2, 0) is 22.3 Å². The van der Waals surface area contributed by atoms with Gasteiger partial charge in [0.05, 0.1) is 36.9 Å². The molecule has 3 aromatic rings. The molecule has 9 heteroatoms. The van der Waals surface area contributed by atoms with Crippen LogP contribution in [-0.4, -0.2) is 51.2 Å². The Bertz CT molecular complexity index is 1230. The normalized spacial score (nSPS) is 27.5. The Kier molecular flexibility index (Phi) is 5.14. The van der Waals surface area contributed by atoms with Gasteiger partial charge in [-0.25, -0.2) is 15.0 Å². The van der Waals surface area contributed by atoms with E-state index in [0.717, 1.165) is 54.6 Å². The van der Waals surface area contributed by atoms with Crippen LogP contribution in [0, 0.1) is 5.92 Å². The quantitative estimate of drug-likeness (QED) is 0.611. The van der Waals surface area contributed by atoms with E-state index in [4.69, 9.17) is 24.7 Å². The molecule has 0 spiro atoms. The third-order valence-electron chi connectivity index (χ3n) is 7.35. The third kappa shape index (κ3) is 3.58. The van der Waals surface area contributed by atoms with E-state index < -0.39 is 5.79 Å². The lowest BCUT2D eigenvalue weighted by Gasteiger charge is -2.25. The summed E-state index contributed by atoms with van der Waals surface area (Å²) in [6, 6.07) is 3.96. The molecule has 9 nitrogen and oxygen atoms in total. The first kappa shape index (κ1) is 21.6. The highest BCUT2D eigenvalue weighted by molar-refractivity contribution is 5.86. The van der Waals surface area contributed by atoms with Crippen molar-refractivity contribution in [3.63, 3.8) is 0 Å². The van der Waals surface area contributed by atoms with E-state index >= 15 is 0 Å². The Balaban J connectivity index is 1.29. The maximum absolute atomic E-state index is 6.47. The number of ether oxygens (including phenoxy) is 4. The molecule has 1 aliphatic heterocycles. The van der Waals surface area contributed by atoms with E-state index in [1.54, 1.807) is 7.11 Å². The number of pyridine rings is 1. The molecule has 0 aromatic carbocycles.